The molecule has 0 aliphatic carbocycles. The average molecular weight is 464 g/mol. The van der Waals surface area contributed by atoms with Crippen molar-refractivity contribution in [1.29, 1.82) is 0 Å². The molecule has 1 aromatic rings. The van der Waals surface area contributed by atoms with Crippen molar-refractivity contribution in [2.45, 2.75) is 25.7 Å². The highest BCUT2D eigenvalue weighted by molar-refractivity contribution is 14.0. The molecule has 3 heterocycles. The number of hydrogen-bond acceptors (Lipinski definition) is 5. The number of nitrogens with two attached hydrogens (primary N) is 1. The molecule has 2 saturated heterocycles. The van der Waals surface area contributed by atoms with Crippen molar-refractivity contribution in [3.63, 3.8) is 0 Å². The number of anilines is 1. The highest BCUT2D eigenvalue weighted by Gasteiger charge is 2.19. The van der Waals surface area contributed by atoms with Crippen molar-refractivity contribution >= 4 is 46.4 Å². The van der Waals surface area contributed by atoms with Gasteiger partial charge in [-0.05, 0) is 25.9 Å². The Labute approximate surface area is 166 Å². The van der Waals surface area contributed by atoms with Gasteiger partial charge >= 0.3 is 0 Å². The van der Waals surface area contributed by atoms with Crippen LogP contribution in [-0.2, 0) is 0 Å². The number of rotatable bonds is 4. The van der Waals surface area contributed by atoms with Crippen LogP contribution in [0, 0.1) is 0 Å². The van der Waals surface area contributed by atoms with Gasteiger partial charge in [-0.2, -0.15) is 0 Å². The van der Waals surface area contributed by atoms with Gasteiger partial charge in [-0.3, -0.25) is 4.99 Å². The highest BCUT2D eigenvalue weighted by Crippen LogP contribution is 2.18. The van der Waals surface area contributed by atoms with E-state index in [1.54, 1.807) is 11.3 Å². The summed E-state index contributed by atoms with van der Waals surface area (Å²) in [5, 5.41) is 3.14. The molecule has 2 aliphatic heterocycles. The molecule has 6 nitrogen and oxygen atoms in total. The fourth-order valence-corrected chi connectivity index (χ4v) is 3.96. The molecule has 3 rings (SSSR count). The number of halogens is 1. The number of aromatic nitrogens is 1. The van der Waals surface area contributed by atoms with E-state index in [0.29, 0.717) is 5.96 Å². The molecule has 0 radical (unpaired) electrons. The summed E-state index contributed by atoms with van der Waals surface area (Å²) in [7, 11) is 0. The van der Waals surface area contributed by atoms with E-state index in [1.165, 1.54) is 38.8 Å². The second-order valence-corrected chi connectivity index (χ2v) is 7.16. The lowest BCUT2D eigenvalue weighted by molar-refractivity contribution is 0.292. The smallest absolute Gasteiger partial charge is 0.191 e. The minimum atomic E-state index is 0. The van der Waals surface area contributed by atoms with Crippen molar-refractivity contribution in [2.75, 3.05) is 57.3 Å². The van der Waals surface area contributed by atoms with Crippen LogP contribution >= 0.6 is 35.3 Å². The maximum Gasteiger partial charge on any atom is 0.191 e. The van der Waals surface area contributed by atoms with Gasteiger partial charge in [0.25, 0.3) is 0 Å². The van der Waals surface area contributed by atoms with E-state index in [9.17, 15) is 0 Å². The largest absolute Gasteiger partial charge is 0.370 e. The molecule has 0 spiro atoms. The van der Waals surface area contributed by atoms with Crippen molar-refractivity contribution in [3.8, 4) is 0 Å². The lowest BCUT2D eigenvalue weighted by Crippen LogP contribution is -2.51. The highest BCUT2D eigenvalue weighted by atomic mass is 127. The van der Waals surface area contributed by atoms with Gasteiger partial charge in [-0.15, -0.1) is 35.3 Å². The van der Waals surface area contributed by atoms with Crippen LogP contribution in [0.1, 0.15) is 25.7 Å². The Morgan fingerprint density at radius 2 is 1.79 bits per heavy atom. The summed E-state index contributed by atoms with van der Waals surface area (Å²) in [4.78, 5) is 16.0. The Hall–Kier alpha value is -0.610. The quantitative estimate of drug-likeness (QED) is 0.420. The van der Waals surface area contributed by atoms with Crippen LogP contribution < -0.4 is 10.6 Å². The van der Waals surface area contributed by atoms with Crippen LogP contribution in [0.15, 0.2) is 16.6 Å². The molecule has 2 fully saturated rings. The van der Waals surface area contributed by atoms with Crippen molar-refractivity contribution in [3.05, 3.63) is 11.6 Å². The number of guanidine groups is 1. The van der Waals surface area contributed by atoms with E-state index >= 15 is 0 Å². The number of piperazine rings is 1. The van der Waals surface area contributed by atoms with Gasteiger partial charge in [0, 0.05) is 44.3 Å². The monoisotopic (exact) mass is 464 g/mol. The second-order valence-electron chi connectivity index (χ2n) is 6.28. The van der Waals surface area contributed by atoms with Crippen LogP contribution in [0.25, 0.3) is 0 Å². The van der Waals surface area contributed by atoms with E-state index in [2.05, 4.69) is 24.7 Å². The molecule has 8 heteroatoms. The van der Waals surface area contributed by atoms with E-state index in [0.717, 1.165) is 44.4 Å². The first kappa shape index (κ1) is 19.7. The fraction of sp³-hybridized carbons (Fsp3) is 0.750. The van der Waals surface area contributed by atoms with Gasteiger partial charge in [-0.25, -0.2) is 4.98 Å². The molecule has 0 aromatic carbocycles. The molecule has 2 aliphatic rings. The number of hydrogen-bond donors (Lipinski definition) is 1. The first-order valence-electron chi connectivity index (χ1n) is 8.74. The third-order valence-electron chi connectivity index (χ3n) is 4.68. The van der Waals surface area contributed by atoms with Gasteiger partial charge in [0.2, 0.25) is 0 Å². The number of aliphatic imine (C=N–C) groups is 1. The van der Waals surface area contributed by atoms with Gasteiger partial charge in [-0.1, -0.05) is 12.8 Å². The Kier molecular flexibility index (Phi) is 8.54. The van der Waals surface area contributed by atoms with Crippen LogP contribution in [0.4, 0.5) is 5.13 Å². The van der Waals surface area contributed by atoms with Gasteiger partial charge < -0.3 is 20.4 Å². The second kappa shape index (κ2) is 10.4. The van der Waals surface area contributed by atoms with Gasteiger partial charge in [0.1, 0.15) is 0 Å². The number of nitrogens with zero attached hydrogens (tertiary/aromatic N) is 5. The minimum absolute atomic E-state index is 0. The standard InChI is InChI=1S/C16H28N6S.HI/c17-15(18-5-9-20-7-3-1-2-4-8-20)21-10-12-22(13-11-21)16-19-6-14-23-16;/h6,14H,1-5,7-13H2,(H2,17,18);1H. The van der Waals surface area contributed by atoms with Crippen molar-refractivity contribution < 1.29 is 0 Å². The maximum atomic E-state index is 6.18. The summed E-state index contributed by atoms with van der Waals surface area (Å²) < 4.78 is 0. The third-order valence-corrected chi connectivity index (χ3v) is 5.51. The Morgan fingerprint density at radius 1 is 1.08 bits per heavy atom. The van der Waals surface area contributed by atoms with Crippen molar-refractivity contribution in [2.24, 2.45) is 10.7 Å². The Bertz CT molecular complexity index is 479. The zero-order valence-corrected chi connectivity index (χ0v) is 17.4. The SMILES string of the molecule is I.NC(=NCCN1CCCCCC1)N1CCN(c2nccs2)CC1. The number of thiazole rings is 1. The predicted molar refractivity (Wildman–Crippen MR) is 113 cm³/mol. The van der Waals surface area contributed by atoms with Gasteiger partial charge in [0.15, 0.2) is 11.1 Å². The summed E-state index contributed by atoms with van der Waals surface area (Å²) in [6.45, 7) is 8.10. The van der Waals surface area contributed by atoms with Crippen LogP contribution in [0.5, 0.6) is 0 Å². The summed E-state index contributed by atoms with van der Waals surface area (Å²) in [5.74, 6) is 0.707. The van der Waals surface area contributed by atoms with Crippen LogP contribution in [-0.4, -0.2) is 73.1 Å². The molecule has 0 atom stereocenters. The molecule has 0 unspecified atom stereocenters. The summed E-state index contributed by atoms with van der Waals surface area (Å²) >= 11 is 1.70. The lowest BCUT2D eigenvalue weighted by atomic mass is 10.2. The molecule has 0 saturated carbocycles. The molecule has 136 valence electrons. The average Bonchev–Trinajstić information content (AvgIpc) is 3.00. The van der Waals surface area contributed by atoms with Crippen LogP contribution in [0.2, 0.25) is 0 Å². The summed E-state index contributed by atoms with van der Waals surface area (Å²) in [6.07, 6.45) is 7.29. The molecule has 2 N–H and O–H groups in total. The van der Waals surface area contributed by atoms with Crippen molar-refractivity contribution in [1.82, 2.24) is 14.8 Å². The fourth-order valence-electron chi connectivity index (χ4n) is 3.26. The van der Waals surface area contributed by atoms with Gasteiger partial charge in [0.05, 0.1) is 6.54 Å². The maximum absolute atomic E-state index is 6.18. The third kappa shape index (κ3) is 5.73. The molecule has 1 aromatic heterocycles. The zero-order chi connectivity index (χ0) is 15.9. The molecule has 24 heavy (non-hydrogen) atoms. The van der Waals surface area contributed by atoms with E-state index in [4.69, 9.17) is 5.73 Å². The molecule has 0 amide bonds. The van der Waals surface area contributed by atoms with E-state index < -0.39 is 0 Å². The molecule has 0 bridgehead atoms. The normalized spacial score (nSPS) is 20.6. The number of likely N-dealkylation sites (tertiary alicyclic amines) is 1. The minimum Gasteiger partial charge on any atom is -0.370 e. The first-order valence-corrected chi connectivity index (χ1v) is 9.62. The topological polar surface area (TPSA) is 61.0 Å². The first-order chi connectivity index (χ1) is 11.3. The van der Waals surface area contributed by atoms with E-state index in [1.807, 2.05) is 11.6 Å². The molecular weight excluding hydrogens is 435 g/mol. The summed E-state index contributed by atoms with van der Waals surface area (Å²) in [6, 6.07) is 0. The van der Waals surface area contributed by atoms with Crippen LogP contribution in [0.3, 0.4) is 0 Å². The predicted octanol–water partition coefficient (Wildman–Crippen LogP) is 2.07. The Morgan fingerprint density at radius 3 is 2.42 bits per heavy atom. The lowest BCUT2D eigenvalue weighted by Gasteiger charge is -2.35. The Balaban J connectivity index is 0.00000208. The summed E-state index contributed by atoms with van der Waals surface area (Å²) in [5.41, 5.74) is 6.18. The van der Waals surface area contributed by atoms with E-state index in [-0.39, 0.29) is 24.0 Å². The molecular formula is C16H29IN6S. The zero-order valence-electron chi connectivity index (χ0n) is 14.3.